The summed E-state index contributed by atoms with van der Waals surface area (Å²) in [6.07, 6.45) is 1.94. The van der Waals surface area contributed by atoms with Crippen LogP contribution in [0.15, 0.2) is 76.9 Å². The van der Waals surface area contributed by atoms with E-state index < -0.39 is 7.40 Å². The maximum Gasteiger partial charge on any atom is 0.677 e. The largest absolute Gasteiger partial charge is 0.677 e. The molecule has 0 amide bonds. The fraction of sp³-hybridized carbons (Fsp3) is 0.172. The number of ether oxygens (including phenoxy) is 2. The Morgan fingerprint density at radius 2 is 1.40 bits per heavy atom. The summed E-state index contributed by atoms with van der Waals surface area (Å²) in [5.74, 6) is 0.948. The third-order valence-corrected chi connectivity index (χ3v) is 6.49. The molecular weight excluding hydrogens is 535 g/mol. The van der Waals surface area contributed by atoms with Gasteiger partial charge in [-0.1, -0.05) is 29.8 Å². The molecule has 0 saturated carbocycles. The van der Waals surface area contributed by atoms with Gasteiger partial charge in [0, 0.05) is 22.7 Å². The smallest absolute Gasteiger partial charge is 0.424 e. The monoisotopic (exact) mass is 559 g/mol. The summed E-state index contributed by atoms with van der Waals surface area (Å²) in [6, 6.07) is 16.1. The summed E-state index contributed by atoms with van der Waals surface area (Å²) in [5.41, 5.74) is 6.37. The Morgan fingerprint density at radius 3 is 1.93 bits per heavy atom. The average Bonchev–Trinajstić information content (AvgIpc) is 3.38. The summed E-state index contributed by atoms with van der Waals surface area (Å²) >= 11 is 6.09. The summed E-state index contributed by atoms with van der Waals surface area (Å²) in [4.78, 5) is 16.9. The molecule has 40 heavy (non-hydrogen) atoms. The van der Waals surface area contributed by atoms with Gasteiger partial charge in [0.15, 0.2) is 0 Å². The molecule has 0 spiro atoms. The summed E-state index contributed by atoms with van der Waals surface area (Å²) in [6.45, 7) is 9.27. The molecule has 7 nitrogen and oxygen atoms in total. The van der Waals surface area contributed by atoms with Crippen LogP contribution in [0, 0.1) is 20.8 Å². The van der Waals surface area contributed by atoms with Crippen molar-refractivity contribution in [2.75, 3.05) is 0 Å². The maximum absolute atomic E-state index is 14.2. The van der Waals surface area contributed by atoms with Crippen molar-refractivity contribution >= 4 is 30.3 Å². The Labute approximate surface area is 236 Å². The first-order valence-electron chi connectivity index (χ1n) is 12.5. The van der Waals surface area contributed by atoms with Gasteiger partial charge in [0.2, 0.25) is 5.28 Å². The summed E-state index contributed by atoms with van der Waals surface area (Å²) in [7, 11) is -2.71. The van der Waals surface area contributed by atoms with E-state index in [0.717, 1.165) is 26.9 Å². The molecule has 4 aromatic rings. The molecule has 1 aliphatic rings. The standard InChI is InChI=1S/C29H25BClF2N5O2/c1-16-6-10-22(11-7-16)39-28-35-27(31)36-29(37-28)40-23-12-8-21(9-13-23)24(25-17(2)14-19(4)34-25)26-18(3)15-20(5)38(26)30(32)33/h6-15H,1-5H3/b25-24-. The number of allylic oxidation sites excluding steroid dienone is 2. The van der Waals surface area contributed by atoms with Crippen LogP contribution >= 0.6 is 11.6 Å². The van der Waals surface area contributed by atoms with Crippen LogP contribution < -0.4 is 9.47 Å². The minimum atomic E-state index is -2.71. The van der Waals surface area contributed by atoms with Gasteiger partial charge in [0.05, 0.1) is 5.70 Å². The van der Waals surface area contributed by atoms with E-state index in [1.165, 1.54) is 0 Å². The van der Waals surface area contributed by atoms with E-state index in [0.29, 0.717) is 39.7 Å². The van der Waals surface area contributed by atoms with Gasteiger partial charge >= 0.3 is 19.4 Å². The predicted octanol–water partition coefficient (Wildman–Crippen LogP) is 7.79. The van der Waals surface area contributed by atoms with Crippen LogP contribution in [-0.4, -0.2) is 32.5 Å². The molecule has 202 valence electrons. The van der Waals surface area contributed by atoms with Crippen LogP contribution in [0.25, 0.3) is 5.57 Å². The molecule has 0 N–H and O–H groups in total. The third kappa shape index (κ3) is 5.67. The van der Waals surface area contributed by atoms with Crippen molar-refractivity contribution < 1.29 is 18.1 Å². The summed E-state index contributed by atoms with van der Waals surface area (Å²) < 4.78 is 41.0. The first-order valence-corrected chi connectivity index (χ1v) is 12.9. The lowest BCUT2D eigenvalue weighted by Gasteiger charge is -2.17. The summed E-state index contributed by atoms with van der Waals surface area (Å²) in [5, 5.41) is -0.0916. The molecule has 0 saturated heterocycles. The van der Waals surface area contributed by atoms with Crippen LogP contribution in [0.3, 0.4) is 0 Å². The van der Waals surface area contributed by atoms with Gasteiger partial charge in [-0.2, -0.15) is 9.97 Å². The van der Waals surface area contributed by atoms with Gasteiger partial charge in [-0.3, -0.25) is 13.6 Å². The lowest BCUT2D eigenvalue weighted by Crippen LogP contribution is -2.18. The molecule has 0 atom stereocenters. The molecule has 0 aliphatic carbocycles. The number of nitrogens with zero attached hydrogens (tertiary/aromatic N) is 5. The number of hydrogen-bond acceptors (Lipinski definition) is 6. The van der Waals surface area contributed by atoms with Gasteiger partial charge in [-0.05, 0) is 99.3 Å². The minimum absolute atomic E-state index is 0.0159. The van der Waals surface area contributed by atoms with E-state index in [2.05, 4.69) is 19.9 Å². The highest BCUT2D eigenvalue weighted by Gasteiger charge is 2.29. The van der Waals surface area contributed by atoms with Crippen molar-refractivity contribution in [3.05, 3.63) is 105 Å². The van der Waals surface area contributed by atoms with Crippen molar-refractivity contribution in [2.45, 2.75) is 34.6 Å². The normalized spacial score (nSPS) is 14.1. The Bertz CT molecular complexity index is 1680. The van der Waals surface area contributed by atoms with Gasteiger partial charge in [-0.25, -0.2) is 0 Å². The van der Waals surface area contributed by atoms with Crippen molar-refractivity contribution in [2.24, 2.45) is 4.99 Å². The number of aliphatic imine (C=N–C) groups is 1. The molecule has 1 aliphatic heterocycles. The number of benzene rings is 2. The Morgan fingerprint density at radius 1 is 0.825 bits per heavy atom. The van der Waals surface area contributed by atoms with Gasteiger partial charge < -0.3 is 14.0 Å². The zero-order valence-electron chi connectivity index (χ0n) is 22.5. The zero-order valence-corrected chi connectivity index (χ0v) is 23.3. The lowest BCUT2D eigenvalue weighted by atomic mass is 9.94. The van der Waals surface area contributed by atoms with Crippen LogP contribution in [-0.2, 0) is 0 Å². The number of halogens is 3. The van der Waals surface area contributed by atoms with Crippen LogP contribution in [0.2, 0.25) is 5.28 Å². The molecule has 11 heteroatoms. The molecule has 0 fully saturated rings. The molecule has 2 aromatic heterocycles. The van der Waals surface area contributed by atoms with Crippen LogP contribution in [0.5, 0.6) is 23.5 Å². The second-order valence-electron chi connectivity index (χ2n) is 9.48. The molecule has 0 unspecified atom stereocenters. The quantitative estimate of drug-likeness (QED) is 0.216. The van der Waals surface area contributed by atoms with Crippen LogP contribution in [0.4, 0.5) is 8.63 Å². The molecule has 2 aromatic carbocycles. The predicted molar refractivity (Wildman–Crippen MR) is 153 cm³/mol. The van der Waals surface area contributed by atoms with Crippen molar-refractivity contribution in [3.63, 3.8) is 0 Å². The highest BCUT2D eigenvalue weighted by molar-refractivity contribution is 6.41. The highest BCUT2D eigenvalue weighted by atomic mass is 35.5. The van der Waals surface area contributed by atoms with E-state index in [1.807, 2.05) is 45.9 Å². The Balaban J connectivity index is 1.49. The lowest BCUT2D eigenvalue weighted by molar-refractivity contribution is 0.397. The van der Waals surface area contributed by atoms with E-state index in [9.17, 15) is 8.63 Å². The van der Waals surface area contributed by atoms with E-state index in [4.69, 9.17) is 21.1 Å². The number of hydrogen-bond donors (Lipinski definition) is 0. The number of aromatic nitrogens is 4. The molecule has 0 radical (unpaired) electrons. The van der Waals surface area contributed by atoms with Gasteiger partial charge in [-0.15, -0.1) is 4.98 Å². The molecule has 3 heterocycles. The number of aryl methyl sites for hydroxylation is 3. The molecule has 5 rings (SSSR count). The second-order valence-corrected chi connectivity index (χ2v) is 9.82. The van der Waals surface area contributed by atoms with E-state index in [1.54, 1.807) is 49.4 Å². The van der Waals surface area contributed by atoms with E-state index >= 15 is 0 Å². The SMILES string of the molecule is CC1=CC(C)=N/C1=C(/c1ccc(Oc2nc(Cl)nc(Oc3ccc(C)cc3)n2)cc1)c1c(C)cc(C)n1B(F)F. The number of rotatable bonds is 7. The fourth-order valence-corrected chi connectivity index (χ4v) is 4.76. The zero-order chi connectivity index (χ0) is 28.6. The molecular formula is C29H25BClF2N5O2. The van der Waals surface area contributed by atoms with Gasteiger partial charge in [0.25, 0.3) is 0 Å². The third-order valence-electron chi connectivity index (χ3n) is 6.33. The van der Waals surface area contributed by atoms with Crippen molar-refractivity contribution in [1.29, 1.82) is 0 Å². The topological polar surface area (TPSA) is 74.4 Å². The minimum Gasteiger partial charge on any atom is -0.424 e. The van der Waals surface area contributed by atoms with Crippen LogP contribution in [0.1, 0.15) is 41.9 Å². The Kier molecular flexibility index (Phi) is 7.54. The fourth-order valence-electron chi connectivity index (χ4n) is 4.62. The molecule has 0 bridgehead atoms. The van der Waals surface area contributed by atoms with Gasteiger partial charge in [0.1, 0.15) is 11.5 Å². The highest BCUT2D eigenvalue weighted by Crippen LogP contribution is 2.38. The Hall–Kier alpha value is -4.31. The van der Waals surface area contributed by atoms with E-state index in [-0.39, 0.29) is 17.3 Å². The maximum atomic E-state index is 14.2. The first-order chi connectivity index (χ1) is 19.1. The van der Waals surface area contributed by atoms with Crippen molar-refractivity contribution in [3.8, 4) is 23.5 Å². The second kappa shape index (κ2) is 11.1. The average molecular weight is 560 g/mol. The van der Waals surface area contributed by atoms with Crippen molar-refractivity contribution in [1.82, 2.24) is 19.4 Å². The first kappa shape index (κ1) is 27.3.